The number of aromatic nitrogens is 1. The number of nitrogens with zero attached hydrogens (tertiary/aromatic N) is 1. The number of rotatable bonds is 3. The van der Waals surface area contributed by atoms with Crippen molar-refractivity contribution >= 4 is 21.6 Å². The standard InChI is InChI=1S/C8H8BrF3N2O/c9-5-3-14-4-6(13)7(5)15-2-1-8(10,11)12/h3-4H,1-2,13H2. The first-order chi connectivity index (χ1) is 6.90. The molecular weight excluding hydrogens is 277 g/mol. The van der Waals surface area contributed by atoms with E-state index in [1.54, 1.807) is 0 Å². The molecule has 1 heterocycles. The van der Waals surface area contributed by atoms with Crippen molar-refractivity contribution in [3.8, 4) is 5.75 Å². The molecule has 0 amide bonds. The van der Waals surface area contributed by atoms with Gasteiger partial charge >= 0.3 is 6.18 Å². The second kappa shape index (κ2) is 4.69. The van der Waals surface area contributed by atoms with Gasteiger partial charge in [0.15, 0.2) is 5.75 Å². The van der Waals surface area contributed by atoms with E-state index in [2.05, 4.69) is 20.9 Å². The lowest BCUT2D eigenvalue weighted by atomic mass is 10.4. The average Bonchev–Trinajstić information content (AvgIpc) is 2.08. The van der Waals surface area contributed by atoms with Crippen molar-refractivity contribution in [1.29, 1.82) is 0 Å². The highest BCUT2D eigenvalue weighted by Crippen LogP contribution is 2.30. The molecule has 0 aromatic carbocycles. The summed E-state index contributed by atoms with van der Waals surface area (Å²) in [5.41, 5.74) is 5.67. The van der Waals surface area contributed by atoms with Crippen LogP contribution in [0, 0.1) is 0 Å². The highest BCUT2D eigenvalue weighted by Gasteiger charge is 2.27. The molecule has 84 valence electrons. The molecule has 0 aliphatic carbocycles. The van der Waals surface area contributed by atoms with Gasteiger partial charge in [-0.3, -0.25) is 4.98 Å². The number of ether oxygens (including phenoxy) is 1. The Morgan fingerprint density at radius 3 is 2.60 bits per heavy atom. The quantitative estimate of drug-likeness (QED) is 0.929. The lowest BCUT2D eigenvalue weighted by Crippen LogP contribution is -2.13. The second-order valence-electron chi connectivity index (χ2n) is 2.75. The van der Waals surface area contributed by atoms with E-state index in [0.29, 0.717) is 4.47 Å². The highest BCUT2D eigenvalue weighted by molar-refractivity contribution is 9.10. The fourth-order valence-electron chi connectivity index (χ4n) is 0.859. The van der Waals surface area contributed by atoms with Crippen LogP contribution in [0.15, 0.2) is 16.9 Å². The Balaban J connectivity index is 2.58. The van der Waals surface area contributed by atoms with E-state index in [1.165, 1.54) is 12.4 Å². The largest absolute Gasteiger partial charge is 0.490 e. The summed E-state index contributed by atoms with van der Waals surface area (Å²) >= 11 is 3.08. The minimum absolute atomic E-state index is 0.189. The maximum absolute atomic E-state index is 11.8. The van der Waals surface area contributed by atoms with Crippen molar-refractivity contribution < 1.29 is 17.9 Å². The molecule has 0 aliphatic heterocycles. The molecule has 3 nitrogen and oxygen atoms in total. The predicted octanol–water partition coefficient (Wildman–Crippen LogP) is 2.76. The van der Waals surface area contributed by atoms with Gasteiger partial charge in [-0.05, 0) is 15.9 Å². The van der Waals surface area contributed by atoms with E-state index in [4.69, 9.17) is 10.5 Å². The molecule has 1 aromatic heterocycles. The smallest absolute Gasteiger partial charge is 0.392 e. The number of pyridine rings is 1. The summed E-state index contributed by atoms with van der Waals surface area (Å²) in [4.78, 5) is 3.73. The van der Waals surface area contributed by atoms with Gasteiger partial charge in [0.05, 0.1) is 29.4 Å². The van der Waals surface area contributed by atoms with E-state index >= 15 is 0 Å². The Morgan fingerprint density at radius 2 is 2.07 bits per heavy atom. The second-order valence-corrected chi connectivity index (χ2v) is 3.61. The number of alkyl halides is 3. The summed E-state index contributed by atoms with van der Waals surface area (Å²) in [6.07, 6.45) is -2.53. The van der Waals surface area contributed by atoms with E-state index in [0.717, 1.165) is 0 Å². The van der Waals surface area contributed by atoms with E-state index in [1.807, 2.05) is 0 Å². The zero-order valence-corrected chi connectivity index (χ0v) is 9.10. The van der Waals surface area contributed by atoms with Crippen LogP contribution in [0.3, 0.4) is 0 Å². The Bertz CT molecular complexity index is 323. The van der Waals surface area contributed by atoms with Crippen LogP contribution in [0.5, 0.6) is 5.75 Å². The number of nitrogens with two attached hydrogens (primary N) is 1. The van der Waals surface area contributed by atoms with Crippen LogP contribution in [0.25, 0.3) is 0 Å². The number of anilines is 1. The molecule has 0 fully saturated rings. The molecule has 2 N–H and O–H groups in total. The molecule has 0 saturated heterocycles. The Morgan fingerprint density at radius 1 is 1.40 bits per heavy atom. The third-order valence-corrected chi connectivity index (χ3v) is 2.08. The zero-order chi connectivity index (χ0) is 11.5. The monoisotopic (exact) mass is 284 g/mol. The molecule has 0 bridgehead atoms. The SMILES string of the molecule is Nc1cncc(Br)c1OCCC(F)(F)F. The summed E-state index contributed by atoms with van der Waals surface area (Å²) in [6, 6.07) is 0. The first-order valence-corrected chi connectivity index (χ1v) is 4.78. The fraction of sp³-hybridized carbons (Fsp3) is 0.375. The van der Waals surface area contributed by atoms with Crippen molar-refractivity contribution in [3.05, 3.63) is 16.9 Å². The van der Waals surface area contributed by atoms with E-state index < -0.39 is 19.2 Å². The van der Waals surface area contributed by atoms with Crippen LogP contribution in [0.2, 0.25) is 0 Å². The first-order valence-electron chi connectivity index (χ1n) is 3.98. The Hall–Kier alpha value is -0.980. The topological polar surface area (TPSA) is 48.1 Å². The van der Waals surface area contributed by atoms with Gasteiger partial charge in [-0.1, -0.05) is 0 Å². The minimum atomic E-state index is -4.23. The number of nitrogen functional groups attached to an aromatic ring is 1. The molecule has 0 aliphatic rings. The van der Waals surface area contributed by atoms with Gasteiger partial charge in [-0.25, -0.2) is 0 Å². The van der Waals surface area contributed by atoms with Crippen LogP contribution in [0.4, 0.5) is 18.9 Å². The molecule has 15 heavy (non-hydrogen) atoms. The van der Waals surface area contributed by atoms with Crippen molar-refractivity contribution in [2.75, 3.05) is 12.3 Å². The van der Waals surface area contributed by atoms with Crippen molar-refractivity contribution in [3.63, 3.8) is 0 Å². The number of hydrogen-bond donors (Lipinski definition) is 1. The summed E-state index contributed by atoms with van der Waals surface area (Å²) in [5.74, 6) is 0.189. The molecule has 0 atom stereocenters. The zero-order valence-electron chi connectivity index (χ0n) is 7.51. The van der Waals surface area contributed by atoms with Gasteiger partial charge in [0, 0.05) is 6.20 Å². The lowest BCUT2D eigenvalue weighted by Gasteiger charge is -2.11. The van der Waals surface area contributed by atoms with Crippen molar-refractivity contribution in [2.24, 2.45) is 0 Å². The molecule has 1 rings (SSSR count). The maximum atomic E-state index is 11.8. The molecule has 0 unspecified atom stereocenters. The van der Waals surface area contributed by atoms with Crippen LogP contribution in [0.1, 0.15) is 6.42 Å². The number of halogens is 4. The van der Waals surface area contributed by atoms with Gasteiger partial charge < -0.3 is 10.5 Å². The lowest BCUT2D eigenvalue weighted by molar-refractivity contribution is -0.139. The Kier molecular flexibility index (Phi) is 3.78. The van der Waals surface area contributed by atoms with Gasteiger partial charge in [0.1, 0.15) is 0 Å². The van der Waals surface area contributed by atoms with Crippen LogP contribution < -0.4 is 10.5 Å². The van der Waals surface area contributed by atoms with Crippen LogP contribution >= 0.6 is 15.9 Å². The summed E-state index contributed by atoms with van der Waals surface area (Å²) in [7, 11) is 0. The van der Waals surface area contributed by atoms with Gasteiger partial charge in [0.25, 0.3) is 0 Å². The average molecular weight is 285 g/mol. The van der Waals surface area contributed by atoms with Crippen molar-refractivity contribution in [2.45, 2.75) is 12.6 Å². The highest BCUT2D eigenvalue weighted by atomic mass is 79.9. The molecular formula is C8H8BrF3N2O. The fourth-order valence-corrected chi connectivity index (χ4v) is 1.32. The van der Waals surface area contributed by atoms with E-state index in [-0.39, 0.29) is 11.4 Å². The molecule has 0 spiro atoms. The van der Waals surface area contributed by atoms with Gasteiger partial charge in [-0.15, -0.1) is 0 Å². The molecule has 1 aromatic rings. The minimum Gasteiger partial charge on any atom is -0.490 e. The van der Waals surface area contributed by atoms with Crippen molar-refractivity contribution in [1.82, 2.24) is 4.98 Å². The maximum Gasteiger partial charge on any atom is 0.392 e. The molecule has 0 radical (unpaired) electrons. The summed E-state index contributed by atoms with van der Waals surface area (Å²) in [6.45, 7) is -0.462. The normalized spacial score (nSPS) is 11.5. The first kappa shape index (κ1) is 12.1. The summed E-state index contributed by atoms with van der Waals surface area (Å²) in [5, 5.41) is 0. The summed E-state index contributed by atoms with van der Waals surface area (Å²) < 4.78 is 40.8. The van der Waals surface area contributed by atoms with Gasteiger partial charge in [-0.2, -0.15) is 13.2 Å². The molecule has 0 saturated carbocycles. The Labute approximate surface area is 92.6 Å². The third-order valence-electron chi connectivity index (χ3n) is 1.51. The van der Waals surface area contributed by atoms with Crippen LogP contribution in [-0.4, -0.2) is 17.8 Å². The number of hydrogen-bond acceptors (Lipinski definition) is 3. The molecule has 7 heteroatoms. The van der Waals surface area contributed by atoms with E-state index in [9.17, 15) is 13.2 Å². The van der Waals surface area contributed by atoms with Gasteiger partial charge in [0.2, 0.25) is 0 Å². The third kappa shape index (κ3) is 3.94. The predicted molar refractivity (Wildman–Crippen MR) is 52.5 cm³/mol. The van der Waals surface area contributed by atoms with Crippen LogP contribution in [-0.2, 0) is 0 Å².